The zero-order chi connectivity index (χ0) is 21.7. The van der Waals surface area contributed by atoms with Gasteiger partial charge < -0.3 is 10.1 Å². The lowest BCUT2D eigenvalue weighted by molar-refractivity contribution is -0.116. The fourth-order valence-electron chi connectivity index (χ4n) is 2.49. The maximum Gasteiger partial charge on any atom is 0.350 e. The molecule has 10 heteroatoms. The van der Waals surface area contributed by atoms with E-state index < -0.39 is 23.6 Å². The first kappa shape index (κ1) is 21.3. The van der Waals surface area contributed by atoms with Crippen LogP contribution in [0.15, 0.2) is 47.2 Å². The van der Waals surface area contributed by atoms with E-state index >= 15 is 0 Å². The SMILES string of the molecule is COC(=O)c1sccc1NC(=O)/C=C/c1csc(N(C(C)=O)c2ccccc2F)n1. The lowest BCUT2D eigenvalue weighted by Crippen LogP contribution is -2.23. The van der Waals surface area contributed by atoms with Gasteiger partial charge in [0.25, 0.3) is 0 Å². The van der Waals surface area contributed by atoms with Gasteiger partial charge in [0.15, 0.2) is 5.13 Å². The standard InChI is InChI=1S/C20H16FN3O4S2/c1-12(25)24(16-6-4-3-5-14(16)21)20-22-13(11-30-20)7-8-17(26)23-15-9-10-29-18(15)19(27)28-2/h3-11H,1-2H3,(H,23,26)/b8-7+. The largest absolute Gasteiger partial charge is 0.465 e. The highest BCUT2D eigenvalue weighted by Crippen LogP contribution is 2.31. The first-order valence-corrected chi connectivity index (χ1v) is 10.3. The molecule has 0 atom stereocenters. The Bertz CT molecular complexity index is 1120. The number of anilines is 3. The first-order valence-electron chi connectivity index (χ1n) is 8.56. The molecule has 0 fully saturated rings. The Labute approximate surface area is 179 Å². The van der Waals surface area contributed by atoms with Crippen LogP contribution in [0.5, 0.6) is 0 Å². The number of rotatable bonds is 6. The van der Waals surface area contributed by atoms with E-state index in [1.807, 2.05) is 0 Å². The number of carbonyl (C=O) groups excluding carboxylic acids is 3. The molecular weight excluding hydrogens is 429 g/mol. The minimum atomic E-state index is -0.545. The number of carbonyl (C=O) groups is 3. The van der Waals surface area contributed by atoms with Crippen LogP contribution < -0.4 is 10.2 Å². The van der Waals surface area contributed by atoms with Crippen molar-refractivity contribution < 1.29 is 23.5 Å². The van der Waals surface area contributed by atoms with E-state index in [1.165, 1.54) is 49.3 Å². The topological polar surface area (TPSA) is 88.6 Å². The predicted octanol–water partition coefficient (Wildman–Crippen LogP) is 4.47. The number of methoxy groups -OCH3 is 1. The van der Waals surface area contributed by atoms with Crippen LogP contribution >= 0.6 is 22.7 Å². The third-order valence-corrected chi connectivity index (χ3v) is 5.55. The molecule has 2 heterocycles. The van der Waals surface area contributed by atoms with Crippen LogP contribution in [0.2, 0.25) is 0 Å². The Hall–Kier alpha value is -3.37. The average Bonchev–Trinajstić information content (AvgIpc) is 3.37. The third-order valence-electron chi connectivity index (χ3n) is 3.81. The summed E-state index contributed by atoms with van der Waals surface area (Å²) in [5.74, 6) is -1.94. The van der Waals surface area contributed by atoms with Crippen LogP contribution in [0.4, 0.5) is 20.9 Å². The van der Waals surface area contributed by atoms with Gasteiger partial charge in [0.2, 0.25) is 11.8 Å². The molecule has 3 rings (SSSR count). The first-order chi connectivity index (χ1) is 14.4. The second-order valence-electron chi connectivity index (χ2n) is 5.84. The van der Waals surface area contributed by atoms with Crippen LogP contribution in [0.25, 0.3) is 6.08 Å². The maximum atomic E-state index is 14.1. The number of amides is 2. The van der Waals surface area contributed by atoms with Gasteiger partial charge in [-0.25, -0.2) is 14.2 Å². The summed E-state index contributed by atoms with van der Waals surface area (Å²) in [6.07, 6.45) is 2.71. The second kappa shape index (κ2) is 9.42. The lowest BCUT2D eigenvalue weighted by atomic mass is 10.3. The summed E-state index contributed by atoms with van der Waals surface area (Å²) in [4.78, 5) is 41.7. The molecule has 0 radical (unpaired) electrons. The monoisotopic (exact) mass is 445 g/mol. The summed E-state index contributed by atoms with van der Waals surface area (Å²) in [6.45, 7) is 1.32. The molecule has 0 saturated carbocycles. The van der Waals surface area contributed by atoms with E-state index in [0.29, 0.717) is 11.4 Å². The average molecular weight is 445 g/mol. The zero-order valence-electron chi connectivity index (χ0n) is 15.9. The van der Waals surface area contributed by atoms with Gasteiger partial charge in [0.05, 0.1) is 24.2 Å². The molecule has 2 aromatic heterocycles. The van der Waals surface area contributed by atoms with Gasteiger partial charge in [-0.1, -0.05) is 12.1 Å². The zero-order valence-corrected chi connectivity index (χ0v) is 17.6. The van der Waals surface area contributed by atoms with Gasteiger partial charge in [0.1, 0.15) is 10.7 Å². The van der Waals surface area contributed by atoms with Crippen molar-refractivity contribution in [1.29, 1.82) is 0 Å². The van der Waals surface area contributed by atoms with Crippen molar-refractivity contribution in [3.63, 3.8) is 0 Å². The summed E-state index contributed by atoms with van der Waals surface area (Å²) >= 11 is 2.30. The summed E-state index contributed by atoms with van der Waals surface area (Å²) in [5.41, 5.74) is 0.870. The van der Waals surface area contributed by atoms with Crippen LogP contribution in [0.3, 0.4) is 0 Å². The second-order valence-corrected chi connectivity index (χ2v) is 7.59. The highest BCUT2D eigenvalue weighted by atomic mass is 32.1. The Morgan fingerprint density at radius 1 is 1.20 bits per heavy atom. The van der Waals surface area contributed by atoms with Crippen LogP contribution in [0, 0.1) is 5.82 Å². The molecule has 0 aliphatic rings. The molecule has 0 unspecified atom stereocenters. The number of nitrogens with one attached hydrogen (secondary N) is 1. The van der Waals surface area contributed by atoms with Crippen LogP contribution in [-0.4, -0.2) is 29.9 Å². The normalized spacial score (nSPS) is 10.8. The number of benzene rings is 1. The van der Waals surface area contributed by atoms with Crippen LogP contribution in [-0.2, 0) is 14.3 Å². The number of nitrogens with zero attached hydrogens (tertiary/aromatic N) is 2. The maximum absolute atomic E-state index is 14.1. The number of hydrogen-bond donors (Lipinski definition) is 1. The van der Waals surface area contributed by atoms with E-state index in [4.69, 9.17) is 0 Å². The number of halogens is 1. The molecule has 1 aromatic carbocycles. The predicted molar refractivity (Wildman–Crippen MR) is 115 cm³/mol. The van der Waals surface area contributed by atoms with Crippen molar-refractivity contribution in [3.8, 4) is 0 Å². The molecule has 0 spiro atoms. The number of para-hydroxylation sites is 1. The smallest absolute Gasteiger partial charge is 0.350 e. The fourth-order valence-corrected chi connectivity index (χ4v) is 4.10. The molecule has 3 aromatic rings. The van der Waals surface area contributed by atoms with Crippen molar-refractivity contribution in [2.75, 3.05) is 17.3 Å². The van der Waals surface area contributed by atoms with E-state index in [0.717, 1.165) is 22.7 Å². The van der Waals surface area contributed by atoms with E-state index in [2.05, 4.69) is 15.0 Å². The number of thiophene rings is 1. The van der Waals surface area contributed by atoms with Gasteiger partial charge >= 0.3 is 5.97 Å². The highest BCUT2D eigenvalue weighted by molar-refractivity contribution is 7.14. The van der Waals surface area contributed by atoms with Crippen molar-refractivity contribution in [2.45, 2.75) is 6.92 Å². The van der Waals surface area contributed by atoms with Crippen molar-refractivity contribution in [1.82, 2.24) is 4.98 Å². The van der Waals surface area contributed by atoms with Gasteiger partial charge in [-0.3, -0.25) is 14.5 Å². The molecular formula is C20H16FN3O4S2. The molecule has 0 bridgehead atoms. The summed E-state index contributed by atoms with van der Waals surface area (Å²) < 4.78 is 18.8. The van der Waals surface area contributed by atoms with Crippen molar-refractivity contribution in [2.24, 2.45) is 0 Å². The third kappa shape index (κ3) is 4.78. The molecule has 0 saturated heterocycles. The van der Waals surface area contributed by atoms with E-state index in [-0.39, 0.29) is 15.7 Å². The number of hydrogen-bond acceptors (Lipinski definition) is 7. The minimum Gasteiger partial charge on any atom is -0.465 e. The van der Waals surface area contributed by atoms with Gasteiger partial charge in [-0.15, -0.1) is 22.7 Å². The Morgan fingerprint density at radius 2 is 1.97 bits per heavy atom. The van der Waals surface area contributed by atoms with Gasteiger partial charge in [-0.2, -0.15) is 0 Å². The Morgan fingerprint density at radius 3 is 2.67 bits per heavy atom. The van der Waals surface area contributed by atoms with E-state index in [1.54, 1.807) is 22.9 Å². The molecule has 7 nitrogen and oxygen atoms in total. The molecule has 1 N–H and O–H groups in total. The molecule has 0 aliphatic heterocycles. The molecule has 154 valence electrons. The summed E-state index contributed by atoms with van der Waals surface area (Å²) in [7, 11) is 1.26. The molecule has 0 aliphatic carbocycles. The summed E-state index contributed by atoms with van der Waals surface area (Å²) in [6, 6.07) is 7.51. The highest BCUT2D eigenvalue weighted by Gasteiger charge is 2.20. The van der Waals surface area contributed by atoms with Gasteiger partial charge in [-0.05, 0) is 29.7 Å². The number of esters is 1. The molecule has 30 heavy (non-hydrogen) atoms. The summed E-state index contributed by atoms with van der Waals surface area (Å²) in [5, 5.41) is 6.18. The molecule has 2 amide bonds. The van der Waals surface area contributed by atoms with Crippen molar-refractivity contribution in [3.05, 3.63) is 63.6 Å². The fraction of sp³-hybridized carbons (Fsp3) is 0.100. The lowest BCUT2D eigenvalue weighted by Gasteiger charge is -2.18. The van der Waals surface area contributed by atoms with Crippen molar-refractivity contribution >= 4 is 63.0 Å². The minimum absolute atomic E-state index is 0.0976. The number of thiazole rings is 1. The van der Waals surface area contributed by atoms with E-state index in [9.17, 15) is 18.8 Å². The number of aromatic nitrogens is 1. The quantitative estimate of drug-likeness (QED) is 0.447. The van der Waals surface area contributed by atoms with Crippen LogP contribution in [0.1, 0.15) is 22.3 Å². The Balaban J connectivity index is 1.75. The van der Waals surface area contributed by atoms with Gasteiger partial charge in [0, 0.05) is 18.4 Å². The number of ether oxygens (including phenoxy) is 1. The Kier molecular flexibility index (Phi) is 6.70.